The largest absolute Gasteiger partial charge is 0.366 e. The van der Waals surface area contributed by atoms with Crippen LogP contribution in [0, 0.1) is 0 Å². The SMILES string of the molecule is CCN(CC)C(=S)SCc1ccc(C(N)=O)cc1. The Kier molecular flexibility index (Phi) is 6.15. The number of rotatable bonds is 5. The van der Waals surface area contributed by atoms with Crippen LogP contribution in [0.4, 0.5) is 0 Å². The summed E-state index contributed by atoms with van der Waals surface area (Å²) in [7, 11) is 0. The minimum Gasteiger partial charge on any atom is -0.366 e. The molecule has 5 heteroatoms. The monoisotopic (exact) mass is 282 g/mol. The second kappa shape index (κ2) is 7.38. The molecule has 0 saturated heterocycles. The summed E-state index contributed by atoms with van der Waals surface area (Å²) in [4.78, 5) is 13.1. The highest BCUT2D eigenvalue weighted by molar-refractivity contribution is 8.22. The van der Waals surface area contributed by atoms with Gasteiger partial charge < -0.3 is 10.6 Å². The molecule has 1 rings (SSSR count). The lowest BCUT2D eigenvalue weighted by molar-refractivity contribution is 0.100. The van der Waals surface area contributed by atoms with Gasteiger partial charge in [0, 0.05) is 24.4 Å². The van der Waals surface area contributed by atoms with E-state index < -0.39 is 5.91 Å². The molecule has 0 saturated carbocycles. The zero-order valence-corrected chi connectivity index (χ0v) is 12.3. The average Bonchev–Trinajstić information content (AvgIpc) is 2.38. The van der Waals surface area contributed by atoms with Gasteiger partial charge in [0.2, 0.25) is 5.91 Å². The maximum atomic E-state index is 10.9. The zero-order chi connectivity index (χ0) is 13.5. The number of nitrogens with zero attached hydrogens (tertiary/aromatic N) is 1. The van der Waals surface area contributed by atoms with E-state index in [1.165, 1.54) is 0 Å². The van der Waals surface area contributed by atoms with Gasteiger partial charge >= 0.3 is 0 Å². The van der Waals surface area contributed by atoms with Gasteiger partial charge in [0.25, 0.3) is 0 Å². The number of amides is 1. The van der Waals surface area contributed by atoms with Crippen molar-refractivity contribution in [3.05, 3.63) is 35.4 Å². The van der Waals surface area contributed by atoms with E-state index in [1.54, 1.807) is 23.9 Å². The maximum Gasteiger partial charge on any atom is 0.248 e. The van der Waals surface area contributed by atoms with Crippen molar-refractivity contribution in [2.75, 3.05) is 13.1 Å². The van der Waals surface area contributed by atoms with Crippen molar-refractivity contribution in [3.8, 4) is 0 Å². The van der Waals surface area contributed by atoms with Crippen molar-refractivity contribution in [1.82, 2.24) is 4.90 Å². The Bertz CT molecular complexity index is 414. The van der Waals surface area contributed by atoms with Gasteiger partial charge in [-0.25, -0.2) is 0 Å². The fraction of sp³-hybridized carbons (Fsp3) is 0.385. The predicted octanol–water partition coefficient (Wildman–Crippen LogP) is 2.65. The van der Waals surface area contributed by atoms with Gasteiger partial charge in [-0.15, -0.1) is 0 Å². The lowest BCUT2D eigenvalue weighted by Crippen LogP contribution is -2.26. The molecule has 0 aliphatic heterocycles. The minimum absolute atomic E-state index is 0.395. The van der Waals surface area contributed by atoms with Gasteiger partial charge in [0.1, 0.15) is 4.32 Å². The number of nitrogens with two attached hydrogens (primary N) is 1. The van der Waals surface area contributed by atoms with Gasteiger partial charge in [-0.05, 0) is 31.5 Å². The van der Waals surface area contributed by atoms with Gasteiger partial charge in [-0.1, -0.05) is 36.1 Å². The standard InChI is InChI=1S/C13H18N2OS2/c1-3-15(4-2)13(17)18-9-10-5-7-11(8-6-10)12(14)16/h5-8H,3-4,9H2,1-2H3,(H2,14,16). The molecule has 1 aromatic carbocycles. The van der Waals surface area contributed by atoms with Gasteiger partial charge in [-0.2, -0.15) is 0 Å². The number of thiocarbonyl (C=S) groups is 1. The quantitative estimate of drug-likeness (QED) is 0.843. The maximum absolute atomic E-state index is 10.9. The first-order chi connectivity index (χ1) is 8.58. The Morgan fingerprint density at radius 1 is 1.28 bits per heavy atom. The number of hydrogen-bond donors (Lipinski definition) is 1. The Labute approximate surface area is 118 Å². The van der Waals surface area contributed by atoms with E-state index in [0.29, 0.717) is 5.56 Å². The average molecular weight is 282 g/mol. The number of thioether (sulfide) groups is 1. The van der Waals surface area contributed by atoms with E-state index in [0.717, 1.165) is 28.7 Å². The summed E-state index contributed by atoms with van der Waals surface area (Å²) in [6.45, 7) is 6.06. The molecule has 0 aliphatic carbocycles. The Morgan fingerprint density at radius 2 is 1.83 bits per heavy atom. The molecule has 0 fully saturated rings. The van der Waals surface area contributed by atoms with E-state index in [4.69, 9.17) is 18.0 Å². The molecule has 1 amide bonds. The topological polar surface area (TPSA) is 46.3 Å². The molecule has 0 bridgehead atoms. The Hall–Kier alpha value is -1.07. The van der Waals surface area contributed by atoms with Crippen molar-refractivity contribution >= 4 is 34.2 Å². The van der Waals surface area contributed by atoms with E-state index in [9.17, 15) is 4.79 Å². The van der Waals surface area contributed by atoms with Crippen LogP contribution in [0.1, 0.15) is 29.8 Å². The van der Waals surface area contributed by atoms with Crippen molar-refractivity contribution in [2.24, 2.45) is 5.73 Å². The van der Waals surface area contributed by atoms with E-state index in [-0.39, 0.29) is 0 Å². The molecule has 2 N–H and O–H groups in total. The van der Waals surface area contributed by atoms with Crippen LogP contribution in [0.15, 0.2) is 24.3 Å². The highest BCUT2D eigenvalue weighted by Crippen LogP contribution is 2.17. The molecular formula is C13H18N2OS2. The normalized spacial score (nSPS) is 10.1. The second-order valence-corrected chi connectivity index (χ2v) is 5.40. The van der Waals surface area contributed by atoms with Crippen molar-refractivity contribution in [3.63, 3.8) is 0 Å². The van der Waals surface area contributed by atoms with Crippen LogP contribution in [0.2, 0.25) is 0 Å². The summed E-state index contributed by atoms with van der Waals surface area (Å²) in [6.07, 6.45) is 0. The molecular weight excluding hydrogens is 264 g/mol. The van der Waals surface area contributed by atoms with E-state index in [1.807, 2.05) is 12.1 Å². The number of primary amides is 1. The smallest absolute Gasteiger partial charge is 0.248 e. The fourth-order valence-corrected chi connectivity index (χ4v) is 2.84. The van der Waals surface area contributed by atoms with Crippen LogP contribution < -0.4 is 5.73 Å². The van der Waals surface area contributed by atoms with Crippen LogP contribution >= 0.6 is 24.0 Å². The van der Waals surface area contributed by atoms with Crippen LogP contribution in [-0.2, 0) is 5.75 Å². The minimum atomic E-state index is -0.395. The van der Waals surface area contributed by atoms with Crippen LogP contribution in [0.3, 0.4) is 0 Å². The molecule has 18 heavy (non-hydrogen) atoms. The number of hydrogen-bond acceptors (Lipinski definition) is 3. The predicted molar refractivity (Wildman–Crippen MR) is 81.8 cm³/mol. The van der Waals surface area contributed by atoms with Crippen molar-refractivity contribution in [1.29, 1.82) is 0 Å². The molecule has 0 atom stereocenters. The molecule has 0 spiro atoms. The second-order valence-electron chi connectivity index (χ2n) is 3.79. The van der Waals surface area contributed by atoms with Crippen LogP contribution in [0.25, 0.3) is 0 Å². The molecule has 3 nitrogen and oxygen atoms in total. The molecule has 0 aliphatic rings. The molecule has 0 unspecified atom stereocenters. The molecule has 0 radical (unpaired) electrons. The van der Waals surface area contributed by atoms with Crippen LogP contribution in [0.5, 0.6) is 0 Å². The lowest BCUT2D eigenvalue weighted by Gasteiger charge is -2.20. The third kappa shape index (κ3) is 4.31. The highest BCUT2D eigenvalue weighted by Gasteiger charge is 2.06. The lowest BCUT2D eigenvalue weighted by atomic mass is 10.1. The van der Waals surface area contributed by atoms with Crippen LogP contribution in [-0.4, -0.2) is 28.2 Å². The number of carbonyl (C=O) groups is 1. The number of carbonyl (C=O) groups excluding carboxylic acids is 1. The first-order valence-corrected chi connectivity index (χ1v) is 7.28. The summed E-state index contributed by atoms with van der Waals surface area (Å²) in [5.74, 6) is 0.418. The molecule has 0 aromatic heterocycles. The summed E-state index contributed by atoms with van der Waals surface area (Å²) >= 11 is 7.00. The zero-order valence-electron chi connectivity index (χ0n) is 10.7. The summed E-state index contributed by atoms with van der Waals surface area (Å²) in [6, 6.07) is 7.33. The van der Waals surface area contributed by atoms with Gasteiger partial charge in [-0.3, -0.25) is 4.79 Å². The first-order valence-electron chi connectivity index (χ1n) is 5.88. The summed E-state index contributed by atoms with van der Waals surface area (Å²) < 4.78 is 0.916. The first kappa shape index (κ1) is 15.0. The number of benzene rings is 1. The van der Waals surface area contributed by atoms with Crippen molar-refractivity contribution in [2.45, 2.75) is 19.6 Å². The highest BCUT2D eigenvalue weighted by atomic mass is 32.2. The summed E-state index contributed by atoms with van der Waals surface area (Å²) in [5, 5.41) is 0. The Morgan fingerprint density at radius 3 is 2.28 bits per heavy atom. The fourth-order valence-electron chi connectivity index (χ4n) is 1.48. The molecule has 98 valence electrons. The van der Waals surface area contributed by atoms with E-state index in [2.05, 4.69) is 18.7 Å². The summed E-state index contributed by atoms with van der Waals surface area (Å²) in [5.41, 5.74) is 6.87. The third-order valence-electron chi connectivity index (χ3n) is 2.62. The van der Waals surface area contributed by atoms with Gasteiger partial charge in [0.15, 0.2) is 0 Å². The van der Waals surface area contributed by atoms with Crippen molar-refractivity contribution < 1.29 is 4.79 Å². The van der Waals surface area contributed by atoms with Gasteiger partial charge in [0.05, 0.1) is 0 Å². The van der Waals surface area contributed by atoms with E-state index >= 15 is 0 Å². The molecule has 1 aromatic rings. The third-order valence-corrected chi connectivity index (χ3v) is 4.22. The molecule has 0 heterocycles. The Balaban J connectivity index is 2.53.